The SMILES string of the molecule is C=CC1CCC(C(C)C=O)O1. The minimum Gasteiger partial charge on any atom is -0.370 e. The highest BCUT2D eigenvalue weighted by Crippen LogP contribution is 2.24. The van der Waals surface area contributed by atoms with E-state index in [9.17, 15) is 4.79 Å². The molecule has 2 nitrogen and oxygen atoms in total. The standard InChI is InChI=1S/C9H14O2/c1-3-8-4-5-9(11-8)7(2)6-10/h3,6-9H,1,4-5H2,2H3. The lowest BCUT2D eigenvalue weighted by atomic mass is 10.0. The van der Waals surface area contributed by atoms with E-state index in [-0.39, 0.29) is 18.1 Å². The van der Waals surface area contributed by atoms with Gasteiger partial charge in [0.05, 0.1) is 12.2 Å². The lowest BCUT2D eigenvalue weighted by Crippen LogP contribution is -2.19. The lowest BCUT2D eigenvalue weighted by Gasteiger charge is -2.13. The third-order valence-corrected chi connectivity index (χ3v) is 2.15. The van der Waals surface area contributed by atoms with E-state index in [4.69, 9.17) is 4.74 Å². The number of hydrogen-bond acceptors (Lipinski definition) is 2. The molecule has 3 atom stereocenters. The average molecular weight is 154 g/mol. The molecule has 0 N–H and O–H groups in total. The van der Waals surface area contributed by atoms with E-state index < -0.39 is 0 Å². The first-order valence-corrected chi connectivity index (χ1v) is 4.01. The van der Waals surface area contributed by atoms with Gasteiger partial charge in [0.25, 0.3) is 0 Å². The van der Waals surface area contributed by atoms with E-state index in [1.54, 1.807) is 6.08 Å². The number of rotatable bonds is 3. The predicted octanol–water partition coefficient (Wildman–Crippen LogP) is 1.55. The molecule has 0 saturated carbocycles. The average Bonchev–Trinajstić information content (AvgIpc) is 2.50. The van der Waals surface area contributed by atoms with Crippen LogP contribution in [0.15, 0.2) is 12.7 Å². The zero-order valence-electron chi connectivity index (χ0n) is 6.82. The highest BCUT2D eigenvalue weighted by molar-refractivity contribution is 5.53. The molecular formula is C9H14O2. The summed E-state index contributed by atoms with van der Waals surface area (Å²) in [4.78, 5) is 10.4. The van der Waals surface area contributed by atoms with Crippen molar-refractivity contribution in [2.75, 3.05) is 0 Å². The third-order valence-electron chi connectivity index (χ3n) is 2.15. The van der Waals surface area contributed by atoms with Crippen LogP contribution < -0.4 is 0 Å². The summed E-state index contributed by atoms with van der Waals surface area (Å²) in [6.45, 7) is 5.54. The van der Waals surface area contributed by atoms with Crippen LogP contribution in [0.25, 0.3) is 0 Å². The van der Waals surface area contributed by atoms with Crippen molar-refractivity contribution in [2.24, 2.45) is 5.92 Å². The Bertz CT molecular complexity index is 154. The van der Waals surface area contributed by atoms with E-state index in [0.29, 0.717) is 0 Å². The van der Waals surface area contributed by atoms with Gasteiger partial charge >= 0.3 is 0 Å². The maximum absolute atomic E-state index is 10.4. The van der Waals surface area contributed by atoms with Crippen molar-refractivity contribution in [3.63, 3.8) is 0 Å². The van der Waals surface area contributed by atoms with Gasteiger partial charge in [-0.2, -0.15) is 0 Å². The maximum atomic E-state index is 10.4. The van der Waals surface area contributed by atoms with Crippen LogP contribution >= 0.6 is 0 Å². The molecular weight excluding hydrogens is 140 g/mol. The fraction of sp³-hybridized carbons (Fsp3) is 0.667. The second-order valence-corrected chi connectivity index (χ2v) is 3.02. The molecule has 1 aliphatic heterocycles. The largest absolute Gasteiger partial charge is 0.370 e. The Morgan fingerprint density at radius 1 is 1.64 bits per heavy atom. The van der Waals surface area contributed by atoms with Crippen LogP contribution in [-0.4, -0.2) is 18.5 Å². The second-order valence-electron chi connectivity index (χ2n) is 3.02. The highest BCUT2D eigenvalue weighted by Gasteiger charge is 2.27. The first-order valence-electron chi connectivity index (χ1n) is 4.01. The van der Waals surface area contributed by atoms with Crippen LogP contribution in [0, 0.1) is 5.92 Å². The summed E-state index contributed by atoms with van der Waals surface area (Å²) < 4.78 is 5.51. The van der Waals surface area contributed by atoms with E-state index >= 15 is 0 Å². The normalized spacial score (nSPS) is 33.2. The van der Waals surface area contributed by atoms with Gasteiger partial charge in [0.15, 0.2) is 0 Å². The molecule has 0 aromatic rings. The fourth-order valence-corrected chi connectivity index (χ4v) is 1.34. The van der Waals surface area contributed by atoms with E-state index in [2.05, 4.69) is 6.58 Å². The minimum absolute atomic E-state index is 0.0277. The Morgan fingerprint density at radius 3 is 2.82 bits per heavy atom. The topological polar surface area (TPSA) is 26.3 Å². The molecule has 3 unspecified atom stereocenters. The molecule has 0 aliphatic carbocycles. The van der Waals surface area contributed by atoms with Crippen LogP contribution in [0.3, 0.4) is 0 Å². The van der Waals surface area contributed by atoms with Crippen molar-refractivity contribution in [1.29, 1.82) is 0 Å². The van der Waals surface area contributed by atoms with Gasteiger partial charge in [-0.05, 0) is 12.8 Å². The molecule has 0 radical (unpaired) electrons. The van der Waals surface area contributed by atoms with Crippen molar-refractivity contribution >= 4 is 6.29 Å². The van der Waals surface area contributed by atoms with Gasteiger partial charge in [0.1, 0.15) is 6.29 Å². The molecule has 1 rings (SSSR count). The number of carbonyl (C=O) groups is 1. The van der Waals surface area contributed by atoms with Gasteiger partial charge in [-0.25, -0.2) is 0 Å². The molecule has 1 saturated heterocycles. The number of hydrogen-bond donors (Lipinski definition) is 0. The molecule has 0 aromatic heterocycles. The molecule has 1 aliphatic rings. The van der Waals surface area contributed by atoms with Crippen molar-refractivity contribution < 1.29 is 9.53 Å². The monoisotopic (exact) mass is 154 g/mol. The Morgan fingerprint density at radius 2 is 2.36 bits per heavy atom. The van der Waals surface area contributed by atoms with E-state index in [1.807, 2.05) is 6.92 Å². The van der Waals surface area contributed by atoms with Crippen molar-refractivity contribution in [2.45, 2.75) is 32.0 Å². The molecule has 1 heterocycles. The quantitative estimate of drug-likeness (QED) is 0.455. The smallest absolute Gasteiger partial charge is 0.125 e. The summed E-state index contributed by atoms with van der Waals surface area (Å²) in [5.41, 5.74) is 0. The third kappa shape index (κ3) is 1.90. The van der Waals surface area contributed by atoms with Gasteiger partial charge in [-0.1, -0.05) is 13.0 Å². The number of carbonyl (C=O) groups excluding carboxylic acids is 1. The summed E-state index contributed by atoms with van der Waals surface area (Å²) in [7, 11) is 0. The highest BCUT2D eigenvalue weighted by atomic mass is 16.5. The zero-order valence-corrected chi connectivity index (χ0v) is 6.82. The van der Waals surface area contributed by atoms with Crippen molar-refractivity contribution in [1.82, 2.24) is 0 Å². The van der Waals surface area contributed by atoms with Gasteiger partial charge in [0, 0.05) is 5.92 Å². The first-order chi connectivity index (χ1) is 5.27. The zero-order chi connectivity index (χ0) is 8.27. The summed E-state index contributed by atoms with van der Waals surface area (Å²) in [5, 5.41) is 0. The number of ether oxygens (including phenoxy) is 1. The van der Waals surface area contributed by atoms with Crippen LogP contribution in [0.2, 0.25) is 0 Å². The summed E-state index contributed by atoms with van der Waals surface area (Å²) >= 11 is 0. The molecule has 1 fully saturated rings. The first kappa shape index (κ1) is 8.47. The summed E-state index contributed by atoms with van der Waals surface area (Å²) in [6, 6.07) is 0. The summed E-state index contributed by atoms with van der Waals surface area (Å²) in [6.07, 6.45) is 5.04. The van der Waals surface area contributed by atoms with Gasteiger partial charge in [-0.3, -0.25) is 0 Å². The fourth-order valence-electron chi connectivity index (χ4n) is 1.34. The molecule has 0 spiro atoms. The Balaban J connectivity index is 2.40. The van der Waals surface area contributed by atoms with Crippen LogP contribution in [0.1, 0.15) is 19.8 Å². The Kier molecular flexibility index (Phi) is 2.83. The minimum atomic E-state index is 0.0277. The second kappa shape index (κ2) is 3.67. The predicted molar refractivity (Wildman–Crippen MR) is 43.3 cm³/mol. The van der Waals surface area contributed by atoms with Gasteiger partial charge in [-0.15, -0.1) is 6.58 Å². The summed E-state index contributed by atoms with van der Waals surface area (Å²) in [5.74, 6) is 0.0277. The van der Waals surface area contributed by atoms with Gasteiger partial charge < -0.3 is 9.53 Å². The lowest BCUT2D eigenvalue weighted by molar-refractivity contribution is -0.114. The molecule has 0 aromatic carbocycles. The van der Waals surface area contributed by atoms with Crippen LogP contribution in [0.5, 0.6) is 0 Å². The van der Waals surface area contributed by atoms with E-state index in [0.717, 1.165) is 19.1 Å². The van der Waals surface area contributed by atoms with E-state index in [1.165, 1.54) is 0 Å². The van der Waals surface area contributed by atoms with Crippen molar-refractivity contribution in [3.8, 4) is 0 Å². The molecule has 0 bridgehead atoms. The maximum Gasteiger partial charge on any atom is 0.125 e. The Hall–Kier alpha value is -0.630. The van der Waals surface area contributed by atoms with Gasteiger partial charge in [0.2, 0.25) is 0 Å². The van der Waals surface area contributed by atoms with Crippen LogP contribution in [0.4, 0.5) is 0 Å². The molecule has 62 valence electrons. The molecule has 0 amide bonds. The Labute approximate surface area is 67.2 Å². The molecule has 2 heteroatoms. The number of aldehydes is 1. The van der Waals surface area contributed by atoms with Crippen LogP contribution in [-0.2, 0) is 9.53 Å². The van der Waals surface area contributed by atoms with Crippen molar-refractivity contribution in [3.05, 3.63) is 12.7 Å². The molecule has 11 heavy (non-hydrogen) atoms.